The molecule has 1 amide bonds. The molecule has 4 heteroatoms. The van der Waals surface area contributed by atoms with E-state index in [9.17, 15) is 4.79 Å². The Labute approximate surface area is 113 Å². The number of nitrogens with zero attached hydrogens (tertiary/aromatic N) is 1. The number of nitriles is 1. The summed E-state index contributed by atoms with van der Waals surface area (Å²) in [5, 5.41) is 11.7. The van der Waals surface area contributed by atoms with E-state index in [4.69, 9.17) is 11.0 Å². The molecule has 19 heavy (non-hydrogen) atoms. The second-order valence-corrected chi connectivity index (χ2v) is 5.49. The van der Waals surface area contributed by atoms with Gasteiger partial charge in [0, 0.05) is 5.41 Å². The van der Waals surface area contributed by atoms with Crippen molar-refractivity contribution >= 4 is 17.3 Å². The monoisotopic (exact) mass is 257 g/mol. The van der Waals surface area contributed by atoms with E-state index in [2.05, 4.69) is 5.32 Å². The lowest BCUT2D eigenvalue weighted by Crippen LogP contribution is -2.35. The maximum Gasteiger partial charge on any atom is 0.230 e. The third kappa shape index (κ3) is 2.87. The van der Waals surface area contributed by atoms with Gasteiger partial charge in [0.05, 0.1) is 23.0 Å². The van der Waals surface area contributed by atoms with Gasteiger partial charge in [0.2, 0.25) is 5.91 Å². The highest BCUT2D eigenvalue weighted by Gasteiger charge is 2.34. The molecule has 1 aliphatic rings. The largest absolute Gasteiger partial charge is 0.397 e. The first-order chi connectivity index (χ1) is 9.05. The Morgan fingerprint density at radius 3 is 2.63 bits per heavy atom. The van der Waals surface area contributed by atoms with Crippen LogP contribution in [-0.2, 0) is 4.79 Å². The minimum absolute atomic E-state index is 0.0311. The quantitative estimate of drug-likeness (QED) is 0.799. The van der Waals surface area contributed by atoms with Crippen LogP contribution in [-0.4, -0.2) is 5.91 Å². The molecule has 1 saturated carbocycles. The smallest absolute Gasteiger partial charge is 0.230 e. The predicted molar refractivity (Wildman–Crippen MR) is 75.4 cm³/mol. The maximum atomic E-state index is 12.4. The van der Waals surface area contributed by atoms with E-state index in [-0.39, 0.29) is 11.3 Å². The van der Waals surface area contributed by atoms with Crippen molar-refractivity contribution in [3.63, 3.8) is 0 Å². The number of nitrogens with one attached hydrogen (secondary N) is 1. The Balaban J connectivity index is 2.13. The lowest BCUT2D eigenvalue weighted by Gasteiger charge is -2.32. The van der Waals surface area contributed by atoms with Crippen molar-refractivity contribution in [1.82, 2.24) is 0 Å². The lowest BCUT2D eigenvalue weighted by molar-refractivity contribution is -0.126. The predicted octanol–water partition coefficient (Wildman–Crippen LogP) is 3.05. The molecular weight excluding hydrogens is 238 g/mol. The topological polar surface area (TPSA) is 78.9 Å². The van der Waals surface area contributed by atoms with E-state index in [0.29, 0.717) is 16.9 Å². The molecule has 0 unspecified atom stereocenters. The Kier molecular flexibility index (Phi) is 3.75. The van der Waals surface area contributed by atoms with Crippen LogP contribution in [0.3, 0.4) is 0 Å². The van der Waals surface area contributed by atoms with Crippen LogP contribution >= 0.6 is 0 Å². The third-order valence-electron chi connectivity index (χ3n) is 3.93. The van der Waals surface area contributed by atoms with Crippen LogP contribution in [0.25, 0.3) is 0 Å². The van der Waals surface area contributed by atoms with Crippen molar-refractivity contribution in [2.45, 2.75) is 39.0 Å². The fourth-order valence-electron chi connectivity index (χ4n) is 2.58. The number of nitrogens with two attached hydrogens (primary N) is 1. The molecule has 100 valence electrons. The lowest BCUT2D eigenvalue weighted by atomic mass is 9.75. The molecule has 3 N–H and O–H groups in total. The Morgan fingerprint density at radius 2 is 2.05 bits per heavy atom. The van der Waals surface area contributed by atoms with Gasteiger partial charge in [-0.25, -0.2) is 0 Å². The van der Waals surface area contributed by atoms with Gasteiger partial charge in [0.15, 0.2) is 0 Å². The molecule has 0 atom stereocenters. The second kappa shape index (κ2) is 5.31. The molecular formula is C15H19N3O. The number of benzene rings is 1. The molecule has 1 aromatic carbocycles. The fraction of sp³-hybridized carbons (Fsp3) is 0.467. The molecule has 0 bridgehead atoms. The first-order valence-electron chi connectivity index (χ1n) is 6.66. The molecule has 4 nitrogen and oxygen atoms in total. The van der Waals surface area contributed by atoms with Crippen LogP contribution in [0, 0.1) is 16.7 Å². The average Bonchev–Trinajstić information content (AvgIpc) is 2.41. The van der Waals surface area contributed by atoms with Crippen molar-refractivity contribution in [1.29, 1.82) is 5.26 Å². The maximum absolute atomic E-state index is 12.4. The van der Waals surface area contributed by atoms with Gasteiger partial charge in [-0.3, -0.25) is 4.79 Å². The van der Waals surface area contributed by atoms with Crippen LogP contribution in [0.5, 0.6) is 0 Å². The first-order valence-corrected chi connectivity index (χ1v) is 6.66. The van der Waals surface area contributed by atoms with E-state index in [1.807, 2.05) is 13.0 Å². The summed E-state index contributed by atoms with van der Waals surface area (Å²) in [5.41, 5.74) is 7.09. The Bertz CT molecular complexity index is 525. The van der Waals surface area contributed by atoms with E-state index in [1.54, 1.807) is 18.2 Å². The van der Waals surface area contributed by atoms with Gasteiger partial charge in [-0.2, -0.15) is 5.26 Å². The van der Waals surface area contributed by atoms with Gasteiger partial charge in [-0.1, -0.05) is 26.2 Å². The van der Waals surface area contributed by atoms with E-state index < -0.39 is 0 Å². The molecule has 0 heterocycles. The number of amides is 1. The minimum Gasteiger partial charge on any atom is -0.397 e. The fourth-order valence-corrected chi connectivity index (χ4v) is 2.58. The number of carbonyl (C=O) groups is 1. The molecule has 0 spiro atoms. The number of hydrogen-bond acceptors (Lipinski definition) is 3. The normalized spacial score (nSPS) is 17.5. The van der Waals surface area contributed by atoms with Gasteiger partial charge in [0.25, 0.3) is 0 Å². The standard InChI is InChI=1S/C15H19N3O/c1-15(7-3-2-4-8-15)14(19)18-13-6-5-11(10-16)9-12(13)17/h5-6,9H,2-4,7-8,17H2,1H3,(H,18,19). The summed E-state index contributed by atoms with van der Waals surface area (Å²) in [6, 6.07) is 6.96. The van der Waals surface area contributed by atoms with Crippen LogP contribution < -0.4 is 11.1 Å². The van der Waals surface area contributed by atoms with Crippen LogP contribution in [0.1, 0.15) is 44.6 Å². The number of nitrogen functional groups attached to an aromatic ring is 1. The minimum atomic E-state index is -0.293. The number of anilines is 2. The summed E-state index contributed by atoms with van der Waals surface area (Å²) in [6.07, 6.45) is 5.27. The van der Waals surface area contributed by atoms with Crippen molar-refractivity contribution in [3.8, 4) is 6.07 Å². The summed E-state index contributed by atoms with van der Waals surface area (Å²) in [4.78, 5) is 12.4. The highest BCUT2D eigenvalue weighted by Crippen LogP contribution is 2.37. The van der Waals surface area contributed by atoms with Gasteiger partial charge in [0.1, 0.15) is 0 Å². The summed E-state index contributed by atoms with van der Waals surface area (Å²) >= 11 is 0. The van der Waals surface area contributed by atoms with Crippen molar-refractivity contribution in [3.05, 3.63) is 23.8 Å². The van der Waals surface area contributed by atoms with Gasteiger partial charge >= 0.3 is 0 Å². The van der Waals surface area contributed by atoms with E-state index in [0.717, 1.165) is 25.7 Å². The Morgan fingerprint density at radius 1 is 1.37 bits per heavy atom. The average molecular weight is 257 g/mol. The van der Waals surface area contributed by atoms with Crippen molar-refractivity contribution in [2.75, 3.05) is 11.1 Å². The third-order valence-corrected chi connectivity index (χ3v) is 3.93. The zero-order valence-corrected chi connectivity index (χ0v) is 11.2. The number of rotatable bonds is 2. The highest BCUT2D eigenvalue weighted by atomic mass is 16.2. The summed E-state index contributed by atoms with van der Waals surface area (Å²) in [6.45, 7) is 2.02. The van der Waals surface area contributed by atoms with E-state index >= 15 is 0 Å². The number of carbonyl (C=O) groups excluding carboxylic acids is 1. The highest BCUT2D eigenvalue weighted by molar-refractivity contribution is 5.97. The van der Waals surface area contributed by atoms with Gasteiger partial charge < -0.3 is 11.1 Å². The zero-order valence-electron chi connectivity index (χ0n) is 11.2. The summed E-state index contributed by atoms with van der Waals surface area (Å²) in [5.74, 6) is 0.0311. The van der Waals surface area contributed by atoms with Crippen LogP contribution in [0.2, 0.25) is 0 Å². The molecule has 0 aromatic heterocycles. The molecule has 1 fully saturated rings. The van der Waals surface area contributed by atoms with Crippen LogP contribution in [0.4, 0.5) is 11.4 Å². The summed E-state index contributed by atoms with van der Waals surface area (Å²) in [7, 11) is 0. The summed E-state index contributed by atoms with van der Waals surface area (Å²) < 4.78 is 0. The number of hydrogen-bond donors (Lipinski definition) is 2. The second-order valence-electron chi connectivity index (χ2n) is 5.49. The molecule has 2 rings (SSSR count). The SMILES string of the molecule is CC1(C(=O)Nc2ccc(C#N)cc2N)CCCCC1. The molecule has 0 radical (unpaired) electrons. The Hall–Kier alpha value is -2.02. The van der Waals surface area contributed by atoms with Crippen molar-refractivity contribution < 1.29 is 4.79 Å². The van der Waals surface area contributed by atoms with Gasteiger partial charge in [-0.15, -0.1) is 0 Å². The first kappa shape index (κ1) is 13.4. The molecule has 0 aliphatic heterocycles. The van der Waals surface area contributed by atoms with Crippen molar-refractivity contribution in [2.24, 2.45) is 5.41 Å². The van der Waals surface area contributed by atoms with E-state index in [1.165, 1.54) is 6.42 Å². The van der Waals surface area contributed by atoms with Gasteiger partial charge in [-0.05, 0) is 31.0 Å². The molecule has 1 aliphatic carbocycles. The van der Waals surface area contributed by atoms with Crippen LogP contribution in [0.15, 0.2) is 18.2 Å². The molecule has 1 aromatic rings. The zero-order chi connectivity index (χ0) is 13.9. The molecule has 0 saturated heterocycles.